The lowest BCUT2D eigenvalue weighted by atomic mass is 9.68. The SMILES string of the molecule is Cc1cc2c(cc1C1(C(C)C(=O)O)COC1)OCO2. The lowest BCUT2D eigenvalue weighted by molar-refractivity contribution is -0.155. The van der Waals surface area contributed by atoms with Crippen LogP contribution in [0.15, 0.2) is 12.1 Å². The second-order valence-electron chi connectivity index (χ2n) is 5.23. The quantitative estimate of drug-likeness (QED) is 0.900. The Hall–Kier alpha value is -1.75. The first kappa shape index (κ1) is 12.3. The maximum Gasteiger partial charge on any atom is 0.307 e. The van der Waals surface area contributed by atoms with E-state index in [4.69, 9.17) is 14.2 Å². The first-order valence-corrected chi connectivity index (χ1v) is 6.26. The Bertz CT molecular complexity index is 533. The van der Waals surface area contributed by atoms with Crippen LogP contribution in [0, 0.1) is 12.8 Å². The van der Waals surface area contributed by atoms with Crippen molar-refractivity contribution in [2.45, 2.75) is 19.3 Å². The van der Waals surface area contributed by atoms with Crippen molar-refractivity contribution >= 4 is 5.97 Å². The molecule has 0 spiro atoms. The third kappa shape index (κ3) is 1.69. The van der Waals surface area contributed by atoms with Gasteiger partial charge in [0.15, 0.2) is 11.5 Å². The normalized spacial score (nSPS) is 20.7. The molecule has 0 bridgehead atoms. The van der Waals surface area contributed by atoms with E-state index in [2.05, 4.69) is 0 Å². The van der Waals surface area contributed by atoms with Crippen molar-refractivity contribution in [3.63, 3.8) is 0 Å². The zero-order chi connectivity index (χ0) is 13.6. The van der Waals surface area contributed by atoms with E-state index in [1.54, 1.807) is 6.92 Å². The molecule has 5 nitrogen and oxygen atoms in total. The van der Waals surface area contributed by atoms with Gasteiger partial charge in [-0.1, -0.05) is 6.92 Å². The van der Waals surface area contributed by atoms with Crippen LogP contribution in [0.2, 0.25) is 0 Å². The fraction of sp³-hybridized carbons (Fsp3) is 0.500. The van der Waals surface area contributed by atoms with Gasteiger partial charge in [0.1, 0.15) is 0 Å². The average Bonchev–Trinajstić information content (AvgIpc) is 2.74. The van der Waals surface area contributed by atoms with Crippen LogP contribution in [0.4, 0.5) is 0 Å². The highest BCUT2D eigenvalue weighted by Crippen LogP contribution is 2.45. The lowest BCUT2D eigenvalue weighted by Gasteiger charge is -2.45. The van der Waals surface area contributed by atoms with Gasteiger partial charge in [-0.15, -0.1) is 0 Å². The number of rotatable bonds is 3. The number of carboxylic acid groups (broad SMARTS) is 1. The Morgan fingerprint density at radius 2 is 1.95 bits per heavy atom. The second kappa shape index (κ2) is 4.13. The smallest absolute Gasteiger partial charge is 0.307 e. The van der Waals surface area contributed by atoms with E-state index in [-0.39, 0.29) is 6.79 Å². The fourth-order valence-electron chi connectivity index (χ4n) is 2.78. The van der Waals surface area contributed by atoms with Crippen LogP contribution in [0.5, 0.6) is 11.5 Å². The molecular weight excluding hydrogens is 248 g/mol. The van der Waals surface area contributed by atoms with Crippen molar-refractivity contribution in [3.8, 4) is 11.5 Å². The van der Waals surface area contributed by atoms with Gasteiger partial charge in [-0.25, -0.2) is 0 Å². The van der Waals surface area contributed by atoms with E-state index in [1.165, 1.54) is 0 Å². The molecule has 1 atom stereocenters. The van der Waals surface area contributed by atoms with Gasteiger partial charge in [-0.3, -0.25) is 4.79 Å². The van der Waals surface area contributed by atoms with Gasteiger partial charge in [0.25, 0.3) is 0 Å². The van der Waals surface area contributed by atoms with Gasteiger partial charge in [0.05, 0.1) is 24.5 Å². The monoisotopic (exact) mass is 264 g/mol. The number of fused-ring (bicyclic) bond motifs is 1. The fourth-order valence-corrected chi connectivity index (χ4v) is 2.78. The van der Waals surface area contributed by atoms with Crippen molar-refractivity contribution < 1.29 is 24.1 Å². The van der Waals surface area contributed by atoms with Crippen LogP contribution in [-0.4, -0.2) is 31.1 Å². The van der Waals surface area contributed by atoms with Gasteiger partial charge in [-0.2, -0.15) is 0 Å². The minimum atomic E-state index is -0.805. The highest BCUT2D eigenvalue weighted by Gasteiger charge is 2.49. The Morgan fingerprint density at radius 3 is 2.47 bits per heavy atom. The summed E-state index contributed by atoms with van der Waals surface area (Å²) in [5.74, 6) is 0.102. The highest BCUT2D eigenvalue weighted by atomic mass is 16.7. The molecule has 0 aliphatic carbocycles. The number of benzene rings is 1. The summed E-state index contributed by atoms with van der Waals surface area (Å²) in [4.78, 5) is 11.3. The molecule has 102 valence electrons. The van der Waals surface area contributed by atoms with Crippen molar-refractivity contribution in [1.82, 2.24) is 0 Å². The number of carbonyl (C=O) groups is 1. The molecule has 1 unspecified atom stereocenters. The molecule has 1 saturated heterocycles. The molecule has 3 rings (SSSR count). The minimum Gasteiger partial charge on any atom is -0.481 e. The molecular formula is C14H16O5. The molecule has 2 aliphatic rings. The van der Waals surface area contributed by atoms with Crippen LogP contribution in [0.3, 0.4) is 0 Å². The number of ether oxygens (including phenoxy) is 3. The average molecular weight is 264 g/mol. The minimum absolute atomic E-state index is 0.218. The standard InChI is InChI=1S/C14H16O5/c1-8-3-11-12(19-7-18-11)4-10(8)14(5-17-6-14)9(2)13(15)16/h3-4,9H,5-7H2,1-2H3,(H,15,16). The highest BCUT2D eigenvalue weighted by molar-refractivity contribution is 5.73. The molecule has 1 aromatic rings. The van der Waals surface area contributed by atoms with E-state index >= 15 is 0 Å². The Morgan fingerprint density at radius 1 is 1.32 bits per heavy atom. The first-order chi connectivity index (χ1) is 9.04. The maximum atomic E-state index is 11.3. The summed E-state index contributed by atoms with van der Waals surface area (Å²) >= 11 is 0. The molecule has 5 heteroatoms. The summed E-state index contributed by atoms with van der Waals surface area (Å²) in [6.45, 7) is 4.78. The molecule has 19 heavy (non-hydrogen) atoms. The summed E-state index contributed by atoms with van der Waals surface area (Å²) in [5.41, 5.74) is 1.54. The van der Waals surface area contributed by atoms with Gasteiger partial charge < -0.3 is 19.3 Å². The second-order valence-corrected chi connectivity index (χ2v) is 5.23. The number of carboxylic acids is 1. The van der Waals surface area contributed by atoms with Gasteiger partial charge in [0, 0.05) is 0 Å². The molecule has 0 radical (unpaired) electrons. The Labute approximate surface area is 111 Å². The molecule has 2 aliphatic heterocycles. The third-order valence-corrected chi connectivity index (χ3v) is 4.17. The molecule has 1 aromatic carbocycles. The van der Waals surface area contributed by atoms with E-state index in [9.17, 15) is 9.90 Å². The van der Waals surface area contributed by atoms with Crippen LogP contribution in [-0.2, 0) is 14.9 Å². The van der Waals surface area contributed by atoms with Gasteiger partial charge in [-0.05, 0) is 30.2 Å². The topological polar surface area (TPSA) is 65.0 Å². The predicted octanol–water partition coefficient (Wildman–Crippen LogP) is 1.71. The van der Waals surface area contributed by atoms with Crippen molar-refractivity contribution in [1.29, 1.82) is 0 Å². The van der Waals surface area contributed by atoms with Crippen LogP contribution < -0.4 is 9.47 Å². The van der Waals surface area contributed by atoms with Crippen molar-refractivity contribution in [2.75, 3.05) is 20.0 Å². The lowest BCUT2D eigenvalue weighted by Crippen LogP contribution is -2.54. The summed E-state index contributed by atoms with van der Waals surface area (Å²) < 4.78 is 16.0. The van der Waals surface area contributed by atoms with E-state index in [0.717, 1.165) is 16.9 Å². The van der Waals surface area contributed by atoms with E-state index in [0.29, 0.717) is 19.0 Å². The first-order valence-electron chi connectivity index (χ1n) is 6.26. The summed E-state index contributed by atoms with van der Waals surface area (Å²) in [5, 5.41) is 9.32. The van der Waals surface area contributed by atoms with E-state index < -0.39 is 17.3 Å². The number of aliphatic carboxylic acids is 1. The number of aryl methyl sites for hydroxylation is 1. The molecule has 0 aromatic heterocycles. The molecule has 0 amide bonds. The summed E-state index contributed by atoms with van der Waals surface area (Å²) in [6, 6.07) is 3.81. The largest absolute Gasteiger partial charge is 0.481 e. The summed E-state index contributed by atoms with van der Waals surface area (Å²) in [6.07, 6.45) is 0. The number of hydrogen-bond acceptors (Lipinski definition) is 4. The van der Waals surface area contributed by atoms with Gasteiger partial charge in [0.2, 0.25) is 6.79 Å². The zero-order valence-corrected chi connectivity index (χ0v) is 10.9. The van der Waals surface area contributed by atoms with Crippen molar-refractivity contribution in [2.24, 2.45) is 5.92 Å². The predicted molar refractivity (Wildman–Crippen MR) is 66.6 cm³/mol. The third-order valence-electron chi connectivity index (χ3n) is 4.17. The van der Waals surface area contributed by atoms with Crippen LogP contribution >= 0.6 is 0 Å². The molecule has 2 heterocycles. The van der Waals surface area contributed by atoms with Crippen molar-refractivity contribution in [3.05, 3.63) is 23.3 Å². The number of hydrogen-bond donors (Lipinski definition) is 1. The summed E-state index contributed by atoms with van der Waals surface area (Å²) in [7, 11) is 0. The molecule has 1 N–H and O–H groups in total. The Kier molecular flexibility index (Phi) is 2.67. The Balaban J connectivity index is 2.07. The van der Waals surface area contributed by atoms with E-state index in [1.807, 2.05) is 19.1 Å². The van der Waals surface area contributed by atoms with Gasteiger partial charge >= 0.3 is 5.97 Å². The van der Waals surface area contributed by atoms with Crippen LogP contribution in [0.1, 0.15) is 18.1 Å². The molecule has 1 fully saturated rings. The van der Waals surface area contributed by atoms with Crippen LogP contribution in [0.25, 0.3) is 0 Å². The zero-order valence-electron chi connectivity index (χ0n) is 10.9. The maximum absolute atomic E-state index is 11.3. The molecule has 0 saturated carbocycles.